The summed E-state index contributed by atoms with van der Waals surface area (Å²) in [6.45, 7) is 1.89. The van der Waals surface area contributed by atoms with Crippen molar-refractivity contribution in [2.45, 2.75) is 56.8 Å². The number of aliphatic carboxylic acids is 1. The maximum atomic E-state index is 13.2. The van der Waals surface area contributed by atoms with Gasteiger partial charge < -0.3 is 31.4 Å². The van der Waals surface area contributed by atoms with Gasteiger partial charge in [0.15, 0.2) is 0 Å². The van der Waals surface area contributed by atoms with Crippen LogP contribution in [0.3, 0.4) is 0 Å². The predicted molar refractivity (Wildman–Crippen MR) is 115 cm³/mol. The molecule has 1 aromatic heterocycles. The Labute approximate surface area is 184 Å². The molecule has 1 aliphatic heterocycles. The second kappa shape index (κ2) is 11.7. The molecule has 0 bridgehead atoms. The molecule has 31 heavy (non-hydrogen) atoms. The summed E-state index contributed by atoms with van der Waals surface area (Å²) in [4.78, 5) is 57.8. The lowest BCUT2D eigenvalue weighted by atomic mass is 10.1. The average molecular weight is 455 g/mol. The molecule has 0 aliphatic carbocycles. The molecule has 1 aliphatic rings. The first-order valence-electron chi connectivity index (χ1n) is 10.1. The SMILES string of the molecule is CSCCC(NC(=O)C(C)N)C(=O)N1CCCC1C(=O)NC(Cc1cnc[nH]1)C(=O)O. The van der Waals surface area contributed by atoms with Crippen LogP contribution in [0.2, 0.25) is 0 Å². The van der Waals surface area contributed by atoms with Crippen LogP contribution in [0.5, 0.6) is 0 Å². The van der Waals surface area contributed by atoms with E-state index >= 15 is 0 Å². The number of thioether (sulfide) groups is 1. The number of nitrogens with one attached hydrogen (secondary N) is 3. The van der Waals surface area contributed by atoms with E-state index in [2.05, 4.69) is 20.6 Å². The molecule has 2 heterocycles. The van der Waals surface area contributed by atoms with Gasteiger partial charge in [0.2, 0.25) is 17.7 Å². The Bertz CT molecular complexity index is 772. The number of carboxylic acids is 1. The van der Waals surface area contributed by atoms with Gasteiger partial charge in [-0.05, 0) is 38.2 Å². The lowest BCUT2D eigenvalue weighted by molar-refractivity contribution is -0.144. The molecule has 1 saturated heterocycles. The summed E-state index contributed by atoms with van der Waals surface area (Å²) in [6, 6.07) is -3.50. The highest BCUT2D eigenvalue weighted by atomic mass is 32.2. The Morgan fingerprint density at radius 3 is 2.68 bits per heavy atom. The third-order valence-electron chi connectivity index (χ3n) is 5.07. The van der Waals surface area contributed by atoms with Gasteiger partial charge in [0.1, 0.15) is 18.1 Å². The number of hydrogen-bond donors (Lipinski definition) is 5. The van der Waals surface area contributed by atoms with Gasteiger partial charge in [-0.15, -0.1) is 0 Å². The number of likely N-dealkylation sites (tertiary alicyclic amines) is 1. The van der Waals surface area contributed by atoms with Crippen molar-refractivity contribution in [2.75, 3.05) is 18.6 Å². The lowest BCUT2D eigenvalue weighted by Crippen LogP contribution is -2.56. The molecular weight excluding hydrogens is 424 g/mol. The lowest BCUT2D eigenvalue weighted by Gasteiger charge is -2.29. The fourth-order valence-electron chi connectivity index (χ4n) is 3.38. The average Bonchev–Trinajstić information content (AvgIpc) is 3.41. The van der Waals surface area contributed by atoms with Gasteiger partial charge in [-0.1, -0.05) is 0 Å². The molecule has 4 atom stereocenters. The monoisotopic (exact) mass is 454 g/mol. The second-order valence-corrected chi connectivity index (χ2v) is 8.49. The molecule has 12 heteroatoms. The summed E-state index contributed by atoms with van der Waals surface area (Å²) in [7, 11) is 0. The normalized spacial score (nSPS) is 18.8. The molecule has 172 valence electrons. The van der Waals surface area contributed by atoms with Crippen molar-refractivity contribution in [2.24, 2.45) is 5.73 Å². The predicted octanol–water partition coefficient (Wildman–Crippen LogP) is -0.902. The van der Waals surface area contributed by atoms with Gasteiger partial charge in [-0.25, -0.2) is 9.78 Å². The van der Waals surface area contributed by atoms with Gasteiger partial charge in [-0.2, -0.15) is 11.8 Å². The Hall–Kier alpha value is -2.60. The van der Waals surface area contributed by atoms with E-state index < -0.39 is 42.0 Å². The highest BCUT2D eigenvalue weighted by molar-refractivity contribution is 7.98. The van der Waals surface area contributed by atoms with Crippen molar-refractivity contribution >= 4 is 35.5 Å². The zero-order valence-electron chi connectivity index (χ0n) is 17.7. The molecule has 6 N–H and O–H groups in total. The highest BCUT2D eigenvalue weighted by Crippen LogP contribution is 2.20. The maximum absolute atomic E-state index is 13.2. The van der Waals surface area contributed by atoms with Gasteiger partial charge in [0, 0.05) is 24.9 Å². The molecular formula is C19H30N6O5S. The minimum Gasteiger partial charge on any atom is -0.480 e. The number of carbonyl (C=O) groups is 4. The van der Waals surface area contributed by atoms with E-state index in [0.717, 1.165) is 0 Å². The number of nitrogens with zero attached hydrogens (tertiary/aromatic N) is 2. The number of hydrogen-bond acceptors (Lipinski definition) is 7. The first-order valence-corrected chi connectivity index (χ1v) is 11.5. The summed E-state index contributed by atoms with van der Waals surface area (Å²) >= 11 is 1.54. The van der Waals surface area contributed by atoms with Crippen LogP contribution in [-0.4, -0.2) is 86.4 Å². The number of aromatic amines is 1. The number of rotatable bonds is 11. The molecule has 0 aromatic carbocycles. The first kappa shape index (κ1) is 24.7. The number of aromatic nitrogens is 2. The quantitative estimate of drug-likeness (QED) is 0.286. The van der Waals surface area contributed by atoms with Crippen molar-refractivity contribution < 1.29 is 24.3 Å². The number of H-pyrrole nitrogens is 1. The topological polar surface area (TPSA) is 171 Å². The molecule has 0 radical (unpaired) electrons. The van der Waals surface area contributed by atoms with Crippen molar-refractivity contribution in [1.82, 2.24) is 25.5 Å². The standard InChI is InChI=1S/C19H30N6O5S/c1-11(20)16(26)23-13(5-7-31-2)18(28)25-6-3-4-15(25)17(27)24-14(19(29)30)8-12-9-21-10-22-12/h9-11,13-15H,3-8,20H2,1-2H3,(H,21,22)(H,23,26)(H,24,27)(H,29,30). The minimum absolute atomic E-state index is 0.0442. The van der Waals surface area contributed by atoms with Crippen LogP contribution in [0.25, 0.3) is 0 Å². The first-order chi connectivity index (χ1) is 14.7. The Kier molecular flexibility index (Phi) is 9.31. The largest absolute Gasteiger partial charge is 0.480 e. The van der Waals surface area contributed by atoms with Gasteiger partial charge >= 0.3 is 5.97 Å². The molecule has 3 amide bonds. The zero-order chi connectivity index (χ0) is 23.0. The van der Waals surface area contributed by atoms with Gasteiger partial charge in [0.25, 0.3) is 0 Å². The van der Waals surface area contributed by atoms with Crippen molar-refractivity contribution in [3.63, 3.8) is 0 Å². The molecule has 1 aromatic rings. The van der Waals surface area contributed by atoms with E-state index in [4.69, 9.17) is 5.73 Å². The summed E-state index contributed by atoms with van der Waals surface area (Å²) in [5.74, 6) is -1.86. The van der Waals surface area contributed by atoms with Gasteiger partial charge in [0.05, 0.1) is 12.4 Å². The molecule has 4 unspecified atom stereocenters. The van der Waals surface area contributed by atoms with Crippen LogP contribution in [0.4, 0.5) is 0 Å². The van der Waals surface area contributed by atoms with Crippen molar-refractivity contribution in [1.29, 1.82) is 0 Å². The number of nitrogens with two attached hydrogens (primary N) is 1. The third kappa shape index (κ3) is 6.96. The summed E-state index contributed by atoms with van der Waals surface area (Å²) in [5.41, 5.74) is 6.18. The highest BCUT2D eigenvalue weighted by Gasteiger charge is 2.38. The molecule has 0 spiro atoms. The Balaban J connectivity index is 2.08. The van der Waals surface area contributed by atoms with Crippen LogP contribution in [0.1, 0.15) is 31.9 Å². The third-order valence-corrected chi connectivity index (χ3v) is 5.71. The summed E-state index contributed by atoms with van der Waals surface area (Å²) in [6.07, 6.45) is 6.29. The Morgan fingerprint density at radius 2 is 2.10 bits per heavy atom. The van der Waals surface area contributed by atoms with Crippen LogP contribution in [0, 0.1) is 0 Å². The number of carbonyl (C=O) groups excluding carboxylic acids is 3. The summed E-state index contributed by atoms with van der Waals surface area (Å²) in [5, 5.41) is 14.7. The Morgan fingerprint density at radius 1 is 1.35 bits per heavy atom. The van der Waals surface area contributed by atoms with Crippen molar-refractivity contribution in [3.05, 3.63) is 18.2 Å². The van der Waals surface area contributed by atoms with E-state index in [-0.39, 0.29) is 12.3 Å². The molecule has 0 saturated carbocycles. The van der Waals surface area contributed by atoms with E-state index in [1.54, 1.807) is 0 Å². The van der Waals surface area contributed by atoms with E-state index in [9.17, 15) is 24.3 Å². The number of imidazole rings is 1. The van der Waals surface area contributed by atoms with Gasteiger partial charge in [-0.3, -0.25) is 14.4 Å². The fraction of sp³-hybridized carbons (Fsp3) is 0.632. The molecule has 11 nitrogen and oxygen atoms in total. The van der Waals surface area contributed by atoms with E-state index in [1.165, 1.54) is 36.1 Å². The zero-order valence-corrected chi connectivity index (χ0v) is 18.5. The fourth-order valence-corrected chi connectivity index (χ4v) is 3.86. The molecule has 2 rings (SSSR count). The van der Waals surface area contributed by atoms with Crippen LogP contribution in [-0.2, 0) is 25.6 Å². The van der Waals surface area contributed by atoms with E-state index in [0.29, 0.717) is 37.3 Å². The van der Waals surface area contributed by atoms with E-state index in [1.807, 2.05) is 6.26 Å². The van der Waals surface area contributed by atoms with Crippen molar-refractivity contribution in [3.8, 4) is 0 Å². The maximum Gasteiger partial charge on any atom is 0.326 e. The number of carboxylic acid groups (broad SMARTS) is 1. The number of amides is 3. The molecule has 1 fully saturated rings. The minimum atomic E-state index is -1.18. The smallest absolute Gasteiger partial charge is 0.326 e. The second-order valence-electron chi connectivity index (χ2n) is 7.50. The van der Waals surface area contributed by atoms with Crippen LogP contribution >= 0.6 is 11.8 Å². The van der Waals surface area contributed by atoms with Crippen LogP contribution < -0.4 is 16.4 Å². The summed E-state index contributed by atoms with van der Waals surface area (Å²) < 4.78 is 0. The van der Waals surface area contributed by atoms with Crippen LogP contribution in [0.15, 0.2) is 12.5 Å².